The Morgan fingerprint density at radius 2 is 2.12 bits per heavy atom. The number of halogens is 1. The Morgan fingerprint density at radius 1 is 1.31 bits per heavy atom. The molecule has 1 atom stereocenters. The van der Waals surface area contributed by atoms with E-state index in [1.807, 2.05) is 7.05 Å². The molecule has 5 nitrogen and oxygen atoms in total. The third-order valence-electron chi connectivity index (χ3n) is 5.44. The topological polar surface area (TPSA) is 48.9 Å². The molecule has 2 fully saturated rings. The highest BCUT2D eigenvalue weighted by Gasteiger charge is 2.24. The van der Waals surface area contributed by atoms with Crippen molar-refractivity contribution < 1.29 is 4.74 Å². The van der Waals surface area contributed by atoms with Crippen molar-refractivity contribution in [1.29, 1.82) is 0 Å². The summed E-state index contributed by atoms with van der Waals surface area (Å²) in [4.78, 5) is 7.00. The molecule has 0 spiro atoms. The first-order valence-electron chi connectivity index (χ1n) is 9.66. The van der Waals surface area contributed by atoms with Crippen LogP contribution in [0.15, 0.2) is 27.7 Å². The molecule has 1 aromatic rings. The lowest BCUT2D eigenvalue weighted by Crippen LogP contribution is -2.49. The van der Waals surface area contributed by atoms with Crippen LogP contribution in [0.25, 0.3) is 0 Å². The number of nitrogens with zero attached hydrogens (tertiary/aromatic N) is 2. The van der Waals surface area contributed by atoms with Gasteiger partial charge >= 0.3 is 0 Å². The van der Waals surface area contributed by atoms with Gasteiger partial charge in [0.1, 0.15) is 0 Å². The molecule has 2 aliphatic rings. The summed E-state index contributed by atoms with van der Waals surface area (Å²) in [6.45, 7) is 8.35. The Labute approximate surface area is 165 Å². The second-order valence-corrected chi connectivity index (χ2v) is 8.36. The average molecular weight is 423 g/mol. The van der Waals surface area contributed by atoms with E-state index in [9.17, 15) is 0 Å². The second-order valence-electron chi connectivity index (χ2n) is 7.45. The van der Waals surface area contributed by atoms with E-state index < -0.39 is 0 Å². The van der Waals surface area contributed by atoms with Crippen LogP contribution >= 0.6 is 15.9 Å². The fraction of sp³-hybridized carbons (Fsp3) is 0.650. The van der Waals surface area contributed by atoms with E-state index in [-0.39, 0.29) is 0 Å². The standard InChI is InChI=1S/C20H31BrN4O/c1-15-11-18(21)4-3-17(15)12-23-20(22-2)24-19-5-8-25(9-6-19)13-16-7-10-26-14-16/h3-4,11,16,19H,5-10,12-14H2,1-2H3,(H2,22,23,24). The molecule has 6 heteroatoms. The molecule has 1 aromatic carbocycles. The zero-order valence-corrected chi connectivity index (χ0v) is 17.5. The number of benzene rings is 1. The first-order chi connectivity index (χ1) is 12.6. The number of rotatable bonds is 5. The highest BCUT2D eigenvalue weighted by atomic mass is 79.9. The van der Waals surface area contributed by atoms with Gasteiger partial charge in [0, 0.05) is 50.3 Å². The van der Waals surface area contributed by atoms with E-state index in [1.165, 1.54) is 36.9 Å². The minimum atomic E-state index is 0.503. The number of guanidine groups is 1. The van der Waals surface area contributed by atoms with Crippen molar-refractivity contribution >= 4 is 21.9 Å². The van der Waals surface area contributed by atoms with Crippen molar-refractivity contribution in [3.63, 3.8) is 0 Å². The van der Waals surface area contributed by atoms with E-state index in [2.05, 4.69) is 61.6 Å². The molecule has 2 saturated heterocycles. The van der Waals surface area contributed by atoms with Crippen LogP contribution in [0.3, 0.4) is 0 Å². The van der Waals surface area contributed by atoms with Crippen molar-refractivity contribution in [3.8, 4) is 0 Å². The number of hydrogen-bond acceptors (Lipinski definition) is 3. The van der Waals surface area contributed by atoms with E-state index in [0.29, 0.717) is 6.04 Å². The Bertz CT molecular complexity index is 608. The molecular formula is C20H31BrN4O. The molecule has 144 valence electrons. The lowest BCUT2D eigenvalue weighted by molar-refractivity contribution is 0.150. The third-order valence-corrected chi connectivity index (χ3v) is 5.94. The van der Waals surface area contributed by atoms with Crippen LogP contribution in [0.4, 0.5) is 0 Å². The number of piperidine rings is 1. The van der Waals surface area contributed by atoms with Gasteiger partial charge in [-0.15, -0.1) is 0 Å². The van der Waals surface area contributed by atoms with Gasteiger partial charge < -0.3 is 20.3 Å². The lowest BCUT2D eigenvalue weighted by atomic mass is 10.0. The Morgan fingerprint density at radius 3 is 2.77 bits per heavy atom. The Hall–Kier alpha value is -1.11. The van der Waals surface area contributed by atoms with E-state index in [1.54, 1.807) is 0 Å². The van der Waals surface area contributed by atoms with Crippen LogP contribution in [0.5, 0.6) is 0 Å². The molecule has 2 aliphatic heterocycles. The Balaban J connectivity index is 1.41. The predicted molar refractivity (Wildman–Crippen MR) is 111 cm³/mol. The van der Waals surface area contributed by atoms with E-state index in [0.717, 1.165) is 49.2 Å². The van der Waals surface area contributed by atoms with Gasteiger partial charge in [0.2, 0.25) is 0 Å². The number of likely N-dealkylation sites (tertiary alicyclic amines) is 1. The summed E-state index contributed by atoms with van der Waals surface area (Å²) in [6.07, 6.45) is 3.57. The fourth-order valence-electron chi connectivity index (χ4n) is 3.78. The molecule has 0 radical (unpaired) electrons. The van der Waals surface area contributed by atoms with Crippen LogP contribution in [0.1, 0.15) is 30.4 Å². The van der Waals surface area contributed by atoms with Crippen molar-refractivity contribution in [2.45, 2.75) is 38.8 Å². The molecule has 0 amide bonds. The second kappa shape index (κ2) is 9.72. The van der Waals surface area contributed by atoms with Gasteiger partial charge in [-0.3, -0.25) is 4.99 Å². The summed E-state index contributed by atoms with van der Waals surface area (Å²) in [5, 5.41) is 7.06. The van der Waals surface area contributed by atoms with Crippen LogP contribution in [0, 0.1) is 12.8 Å². The van der Waals surface area contributed by atoms with Crippen LogP contribution in [0.2, 0.25) is 0 Å². The molecule has 26 heavy (non-hydrogen) atoms. The van der Waals surface area contributed by atoms with Crippen LogP contribution < -0.4 is 10.6 Å². The van der Waals surface area contributed by atoms with Crippen molar-refractivity contribution in [2.24, 2.45) is 10.9 Å². The number of hydrogen-bond donors (Lipinski definition) is 2. The van der Waals surface area contributed by atoms with Gasteiger partial charge in [-0.25, -0.2) is 0 Å². The average Bonchev–Trinajstić information content (AvgIpc) is 3.14. The molecule has 0 aliphatic carbocycles. The van der Waals surface area contributed by atoms with E-state index >= 15 is 0 Å². The van der Waals surface area contributed by atoms with Gasteiger partial charge in [0.05, 0.1) is 6.61 Å². The number of nitrogens with one attached hydrogen (secondary N) is 2. The third kappa shape index (κ3) is 5.69. The molecule has 0 saturated carbocycles. The van der Waals surface area contributed by atoms with Gasteiger partial charge in [-0.05, 0) is 55.4 Å². The highest BCUT2D eigenvalue weighted by molar-refractivity contribution is 9.10. The number of aliphatic imine (C=N–C) groups is 1. The summed E-state index contributed by atoms with van der Waals surface area (Å²) in [5.41, 5.74) is 2.58. The zero-order chi connectivity index (χ0) is 18.4. The largest absolute Gasteiger partial charge is 0.381 e. The van der Waals surface area contributed by atoms with Gasteiger partial charge in [0.15, 0.2) is 5.96 Å². The van der Waals surface area contributed by atoms with Crippen molar-refractivity contribution in [3.05, 3.63) is 33.8 Å². The number of aryl methyl sites for hydroxylation is 1. The molecule has 2 heterocycles. The van der Waals surface area contributed by atoms with Gasteiger partial charge in [-0.1, -0.05) is 22.0 Å². The molecule has 0 aromatic heterocycles. The highest BCUT2D eigenvalue weighted by Crippen LogP contribution is 2.18. The first-order valence-corrected chi connectivity index (χ1v) is 10.5. The molecule has 1 unspecified atom stereocenters. The minimum Gasteiger partial charge on any atom is -0.381 e. The van der Waals surface area contributed by atoms with Gasteiger partial charge in [0.25, 0.3) is 0 Å². The van der Waals surface area contributed by atoms with Crippen LogP contribution in [-0.4, -0.2) is 56.8 Å². The Kier molecular flexibility index (Phi) is 7.34. The summed E-state index contributed by atoms with van der Waals surface area (Å²) in [6, 6.07) is 6.90. The molecule has 0 bridgehead atoms. The van der Waals surface area contributed by atoms with Gasteiger partial charge in [-0.2, -0.15) is 0 Å². The molecule has 3 rings (SSSR count). The van der Waals surface area contributed by atoms with Crippen molar-refractivity contribution in [2.75, 3.05) is 39.9 Å². The number of ether oxygens (including phenoxy) is 1. The monoisotopic (exact) mass is 422 g/mol. The SMILES string of the molecule is CN=C(NCc1ccc(Br)cc1C)NC1CCN(CC2CCOC2)CC1. The van der Waals surface area contributed by atoms with Crippen molar-refractivity contribution in [1.82, 2.24) is 15.5 Å². The zero-order valence-electron chi connectivity index (χ0n) is 15.9. The fourth-order valence-corrected chi connectivity index (χ4v) is 4.25. The maximum atomic E-state index is 5.50. The summed E-state index contributed by atoms with van der Waals surface area (Å²) in [7, 11) is 1.85. The predicted octanol–water partition coefficient (Wildman–Crippen LogP) is 2.92. The maximum Gasteiger partial charge on any atom is 0.191 e. The van der Waals surface area contributed by atoms with E-state index in [4.69, 9.17) is 4.74 Å². The smallest absolute Gasteiger partial charge is 0.191 e. The quantitative estimate of drug-likeness (QED) is 0.565. The lowest BCUT2D eigenvalue weighted by Gasteiger charge is -2.34. The first kappa shape index (κ1) is 19.6. The minimum absolute atomic E-state index is 0.503. The summed E-state index contributed by atoms with van der Waals surface area (Å²) in [5.74, 6) is 1.64. The summed E-state index contributed by atoms with van der Waals surface area (Å²) < 4.78 is 6.62. The molecular weight excluding hydrogens is 392 g/mol. The normalized spacial score (nSPS) is 22.6. The van der Waals surface area contributed by atoms with Crippen LogP contribution in [-0.2, 0) is 11.3 Å². The molecule has 2 N–H and O–H groups in total. The summed E-state index contributed by atoms with van der Waals surface area (Å²) >= 11 is 3.52. The maximum absolute atomic E-state index is 5.50.